The van der Waals surface area contributed by atoms with Gasteiger partial charge < -0.3 is 20.5 Å². The van der Waals surface area contributed by atoms with Crippen molar-refractivity contribution in [2.75, 3.05) is 20.2 Å². The number of aryl methyl sites for hydroxylation is 1. The maximum atomic E-state index is 9.60. The van der Waals surface area contributed by atoms with Gasteiger partial charge in [-0.1, -0.05) is 12.1 Å². The fourth-order valence-electron chi connectivity index (χ4n) is 3.04. The van der Waals surface area contributed by atoms with E-state index in [9.17, 15) is 5.11 Å². The Kier molecular flexibility index (Phi) is 10.9. The first-order valence-corrected chi connectivity index (χ1v) is 9.07. The molecule has 25 heavy (non-hydrogen) atoms. The first kappa shape index (κ1) is 22.0. The average molecular weight is 461 g/mol. The first-order valence-electron chi connectivity index (χ1n) is 9.07. The van der Waals surface area contributed by atoms with Gasteiger partial charge in [0, 0.05) is 19.1 Å². The molecule has 1 saturated carbocycles. The average Bonchev–Trinajstić information content (AvgIpc) is 2.61. The zero-order chi connectivity index (χ0) is 17.2. The lowest BCUT2D eigenvalue weighted by Gasteiger charge is -2.27. The maximum Gasteiger partial charge on any atom is 0.191 e. The van der Waals surface area contributed by atoms with Crippen LogP contribution in [0.4, 0.5) is 0 Å². The van der Waals surface area contributed by atoms with Gasteiger partial charge in [-0.2, -0.15) is 0 Å². The summed E-state index contributed by atoms with van der Waals surface area (Å²) >= 11 is 0. The van der Waals surface area contributed by atoms with Crippen LogP contribution in [0, 0.1) is 0 Å². The number of nitrogens with one attached hydrogen (secondary N) is 2. The zero-order valence-corrected chi connectivity index (χ0v) is 17.7. The molecule has 0 heterocycles. The van der Waals surface area contributed by atoms with E-state index in [-0.39, 0.29) is 30.1 Å². The highest BCUT2D eigenvalue weighted by atomic mass is 127. The minimum Gasteiger partial charge on any atom is -0.497 e. The van der Waals surface area contributed by atoms with Crippen LogP contribution in [0.25, 0.3) is 0 Å². The second-order valence-electron chi connectivity index (χ2n) is 6.37. The summed E-state index contributed by atoms with van der Waals surface area (Å²) < 4.78 is 5.26. The van der Waals surface area contributed by atoms with Crippen LogP contribution >= 0.6 is 24.0 Å². The molecule has 0 saturated heterocycles. The molecule has 0 aromatic heterocycles. The second kappa shape index (κ2) is 12.4. The SMILES string of the molecule is CCNC(=NCCCc1cccc(OC)c1)NC1CCC(O)CC1.I. The molecule has 0 spiro atoms. The molecule has 0 amide bonds. The number of guanidine groups is 1. The molecule has 0 atom stereocenters. The third-order valence-electron chi connectivity index (χ3n) is 4.41. The Labute approximate surface area is 168 Å². The Morgan fingerprint density at radius 3 is 2.72 bits per heavy atom. The third-order valence-corrected chi connectivity index (χ3v) is 4.41. The molecule has 1 aromatic rings. The van der Waals surface area contributed by atoms with Gasteiger partial charge in [0.2, 0.25) is 0 Å². The number of aliphatic imine (C=N–C) groups is 1. The number of nitrogens with zero attached hydrogens (tertiary/aromatic N) is 1. The summed E-state index contributed by atoms with van der Waals surface area (Å²) in [5.41, 5.74) is 1.28. The molecule has 2 rings (SSSR count). The number of rotatable bonds is 7. The fourth-order valence-corrected chi connectivity index (χ4v) is 3.04. The molecule has 1 aromatic carbocycles. The van der Waals surface area contributed by atoms with Crippen LogP contribution in [0.15, 0.2) is 29.3 Å². The van der Waals surface area contributed by atoms with Crippen molar-refractivity contribution >= 4 is 29.9 Å². The van der Waals surface area contributed by atoms with Gasteiger partial charge in [0.15, 0.2) is 5.96 Å². The molecule has 0 radical (unpaired) electrons. The molecule has 1 aliphatic rings. The molecule has 5 nitrogen and oxygen atoms in total. The van der Waals surface area contributed by atoms with Crippen molar-refractivity contribution in [2.24, 2.45) is 4.99 Å². The van der Waals surface area contributed by atoms with Gasteiger partial charge in [-0.15, -0.1) is 24.0 Å². The molecule has 1 aliphatic carbocycles. The first-order chi connectivity index (χ1) is 11.7. The van der Waals surface area contributed by atoms with E-state index in [2.05, 4.69) is 34.7 Å². The normalized spacial score (nSPS) is 20.5. The number of aliphatic hydroxyl groups excluding tert-OH is 1. The van der Waals surface area contributed by atoms with Crippen LogP contribution in [0.5, 0.6) is 5.75 Å². The largest absolute Gasteiger partial charge is 0.497 e. The van der Waals surface area contributed by atoms with Gasteiger partial charge in [0.1, 0.15) is 5.75 Å². The smallest absolute Gasteiger partial charge is 0.191 e. The van der Waals surface area contributed by atoms with Crippen molar-refractivity contribution in [1.29, 1.82) is 0 Å². The van der Waals surface area contributed by atoms with Crippen LogP contribution < -0.4 is 15.4 Å². The Morgan fingerprint density at radius 2 is 2.04 bits per heavy atom. The van der Waals surface area contributed by atoms with Crippen molar-refractivity contribution in [1.82, 2.24) is 10.6 Å². The molecular formula is C19H32IN3O2. The molecule has 1 fully saturated rings. The Hall–Kier alpha value is -1.02. The molecule has 142 valence electrons. The maximum absolute atomic E-state index is 9.60. The fraction of sp³-hybridized carbons (Fsp3) is 0.632. The number of aliphatic hydroxyl groups is 1. The molecular weight excluding hydrogens is 429 g/mol. The van der Waals surface area contributed by atoms with E-state index in [1.54, 1.807) is 7.11 Å². The second-order valence-corrected chi connectivity index (χ2v) is 6.37. The van der Waals surface area contributed by atoms with E-state index >= 15 is 0 Å². The van der Waals surface area contributed by atoms with Crippen molar-refractivity contribution < 1.29 is 9.84 Å². The number of hydrogen-bond donors (Lipinski definition) is 3. The topological polar surface area (TPSA) is 65.9 Å². The molecule has 0 unspecified atom stereocenters. The summed E-state index contributed by atoms with van der Waals surface area (Å²) in [6, 6.07) is 8.63. The highest BCUT2D eigenvalue weighted by molar-refractivity contribution is 14.0. The minimum atomic E-state index is -0.120. The summed E-state index contributed by atoms with van der Waals surface area (Å²) in [4.78, 5) is 4.68. The molecule has 0 bridgehead atoms. The van der Waals surface area contributed by atoms with Crippen LogP contribution in [0.1, 0.15) is 44.6 Å². The van der Waals surface area contributed by atoms with Crippen molar-refractivity contribution in [3.8, 4) is 5.75 Å². The zero-order valence-electron chi connectivity index (χ0n) is 15.3. The van der Waals surface area contributed by atoms with E-state index in [4.69, 9.17) is 4.74 Å². The number of ether oxygens (including phenoxy) is 1. The lowest BCUT2D eigenvalue weighted by molar-refractivity contribution is 0.120. The van der Waals surface area contributed by atoms with Crippen molar-refractivity contribution in [3.63, 3.8) is 0 Å². The van der Waals surface area contributed by atoms with E-state index in [1.165, 1.54) is 5.56 Å². The van der Waals surface area contributed by atoms with Crippen molar-refractivity contribution in [3.05, 3.63) is 29.8 Å². The highest BCUT2D eigenvalue weighted by Crippen LogP contribution is 2.18. The number of methoxy groups -OCH3 is 1. The van der Waals surface area contributed by atoms with Crippen LogP contribution in [0.2, 0.25) is 0 Å². The summed E-state index contributed by atoms with van der Waals surface area (Å²) in [6.45, 7) is 3.73. The van der Waals surface area contributed by atoms with Gasteiger partial charge >= 0.3 is 0 Å². The monoisotopic (exact) mass is 461 g/mol. The van der Waals surface area contributed by atoms with Gasteiger partial charge in [-0.3, -0.25) is 4.99 Å². The summed E-state index contributed by atoms with van der Waals surface area (Å²) in [5, 5.41) is 16.4. The standard InChI is InChI=1S/C19H31N3O2.HI/c1-3-20-19(22-16-9-11-17(23)12-10-16)21-13-5-7-15-6-4-8-18(14-15)24-2;/h4,6,8,14,16-17,23H,3,5,7,9-13H2,1-2H3,(H2,20,21,22);1H. The van der Waals surface area contributed by atoms with Gasteiger partial charge in [-0.05, 0) is 63.1 Å². The molecule has 0 aliphatic heterocycles. The predicted octanol–water partition coefficient (Wildman–Crippen LogP) is 3.10. The number of hydrogen-bond acceptors (Lipinski definition) is 3. The van der Waals surface area contributed by atoms with Crippen LogP contribution in [-0.2, 0) is 6.42 Å². The Balaban J connectivity index is 0.00000312. The molecule has 6 heteroatoms. The Morgan fingerprint density at radius 1 is 1.28 bits per heavy atom. The highest BCUT2D eigenvalue weighted by Gasteiger charge is 2.19. The quantitative estimate of drug-likeness (QED) is 0.253. The van der Waals surface area contributed by atoms with E-state index in [1.807, 2.05) is 12.1 Å². The predicted molar refractivity (Wildman–Crippen MR) is 114 cm³/mol. The van der Waals surface area contributed by atoms with Crippen LogP contribution in [-0.4, -0.2) is 43.4 Å². The summed E-state index contributed by atoms with van der Waals surface area (Å²) in [7, 11) is 1.70. The van der Waals surface area contributed by atoms with Gasteiger partial charge in [-0.25, -0.2) is 0 Å². The summed E-state index contributed by atoms with van der Waals surface area (Å²) in [6.07, 6.45) is 5.67. The Bertz CT molecular complexity index is 517. The third kappa shape index (κ3) is 8.27. The lowest BCUT2D eigenvalue weighted by Crippen LogP contribution is -2.45. The molecule has 3 N–H and O–H groups in total. The summed E-state index contributed by atoms with van der Waals surface area (Å²) in [5.74, 6) is 1.80. The number of benzene rings is 1. The van der Waals surface area contributed by atoms with Gasteiger partial charge in [0.25, 0.3) is 0 Å². The van der Waals surface area contributed by atoms with E-state index in [0.29, 0.717) is 6.04 Å². The van der Waals surface area contributed by atoms with E-state index in [0.717, 1.165) is 63.3 Å². The van der Waals surface area contributed by atoms with Crippen molar-refractivity contribution in [2.45, 2.75) is 57.6 Å². The number of halogens is 1. The van der Waals surface area contributed by atoms with E-state index < -0.39 is 0 Å². The minimum absolute atomic E-state index is 0. The van der Waals surface area contributed by atoms with Crippen LogP contribution in [0.3, 0.4) is 0 Å². The van der Waals surface area contributed by atoms with Gasteiger partial charge in [0.05, 0.1) is 13.2 Å². The lowest BCUT2D eigenvalue weighted by atomic mass is 9.93.